The molecule has 0 radical (unpaired) electrons. The number of benzene rings is 1. The predicted molar refractivity (Wildman–Crippen MR) is 75.4 cm³/mol. The van der Waals surface area contributed by atoms with Crippen LogP contribution < -0.4 is 14.8 Å². The highest BCUT2D eigenvalue weighted by atomic mass is 16.5. The van der Waals surface area contributed by atoms with Gasteiger partial charge in [0.25, 0.3) is 0 Å². The van der Waals surface area contributed by atoms with E-state index in [1.807, 2.05) is 32.0 Å². The Balaban J connectivity index is 2.95. The molecular weight excluding hydrogens is 240 g/mol. The molecule has 0 amide bonds. The topological polar surface area (TPSA) is 54.3 Å². The van der Waals surface area contributed by atoms with Crippen molar-refractivity contribution in [3.05, 3.63) is 23.8 Å². The zero-order valence-corrected chi connectivity index (χ0v) is 11.9. The highest BCUT2D eigenvalue weighted by molar-refractivity contribution is 5.44. The molecule has 19 heavy (non-hydrogen) atoms. The highest BCUT2D eigenvalue weighted by Crippen LogP contribution is 2.30. The molecule has 0 saturated carbocycles. The van der Waals surface area contributed by atoms with E-state index < -0.39 is 0 Å². The fourth-order valence-electron chi connectivity index (χ4n) is 1.77. The summed E-state index contributed by atoms with van der Waals surface area (Å²) in [4.78, 5) is 0. The zero-order chi connectivity index (χ0) is 14.1. The monoisotopic (exact) mass is 262 g/mol. The normalized spacial score (nSPS) is 11.7. The van der Waals surface area contributed by atoms with Gasteiger partial charge in [0.1, 0.15) is 6.04 Å². The fraction of sp³-hybridized carbons (Fsp3) is 0.533. The fourth-order valence-corrected chi connectivity index (χ4v) is 1.77. The van der Waals surface area contributed by atoms with Crippen molar-refractivity contribution in [2.24, 2.45) is 0 Å². The lowest BCUT2D eigenvalue weighted by molar-refractivity contribution is 0.287. The number of hydrogen-bond acceptors (Lipinski definition) is 4. The van der Waals surface area contributed by atoms with E-state index in [9.17, 15) is 5.26 Å². The van der Waals surface area contributed by atoms with Crippen LogP contribution in [0.2, 0.25) is 0 Å². The van der Waals surface area contributed by atoms with Gasteiger partial charge in [0.15, 0.2) is 11.5 Å². The lowest BCUT2D eigenvalue weighted by Crippen LogP contribution is -2.20. The summed E-state index contributed by atoms with van der Waals surface area (Å²) in [6.07, 6.45) is 0.994. The lowest BCUT2D eigenvalue weighted by Gasteiger charge is -2.15. The molecule has 0 aliphatic heterocycles. The van der Waals surface area contributed by atoms with Crippen molar-refractivity contribution in [2.45, 2.75) is 33.2 Å². The number of rotatable bonds is 8. The van der Waals surface area contributed by atoms with Crippen LogP contribution in [0.25, 0.3) is 0 Å². The Bertz CT molecular complexity index is 427. The molecule has 0 fully saturated rings. The van der Waals surface area contributed by atoms with Gasteiger partial charge in [-0.3, -0.25) is 5.32 Å². The van der Waals surface area contributed by atoms with Gasteiger partial charge in [-0.15, -0.1) is 0 Å². The maximum atomic E-state index is 9.21. The lowest BCUT2D eigenvalue weighted by atomic mass is 10.1. The third-order valence-electron chi connectivity index (χ3n) is 2.63. The number of nitrogens with zero attached hydrogens (tertiary/aromatic N) is 1. The molecule has 0 aromatic heterocycles. The van der Waals surface area contributed by atoms with Gasteiger partial charge in [0.2, 0.25) is 0 Å². The summed E-state index contributed by atoms with van der Waals surface area (Å²) in [5, 5.41) is 12.4. The molecule has 0 heterocycles. The van der Waals surface area contributed by atoms with Crippen molar-refractivity contribution in [3.8, 4) is 17.6 Å². The Morgan fingerprint density at radius 3 is 2.42 bits per heavy atom. The first-order chi connectivity index (χ1) is 9.26. The van der Waals surface area contributed by atoms with Crippen LogP contribution in [0.3, 0.4) is 0 Å². The SMILES string of the molecule is CCCNC(C#N)c1ccc(OCC)c(OCC)c1. The summed E-state index contributed by atoms with van der Waals surface area (Å²) < 4.78 is 11.1. The van der Waals surface area contributed by atoms with Crippen LogP contribution in [-0.2, 0) is 0 Å². The molecule has 4 nitrogen and oxygen atoms in total. The first-order valence-corrected chi connectivity index (χ1v) is 6.79. The van der Waals surface area contributed by atoms with Crippen molar-refractivity contribution < 1.29 is 9.47 Å². The molecule has 104 valence electrons. The third-order valence-corrected chi connectivity index (χ3v) is 2.63. The molecule has 0 spiro atoms. The smallest absolute Gasteiger partial charge is 0.161 e. The molecular formula is C15H22N2O2. The van der Waals surface area contributed by atoms with Crippen LogP contribution in [0.5, 0.6) is 11.5 Å². The minimum absolute atomic E-state index is 0.310. The third kappa shape index (κ3) is 4.46. The summed E-state index contributed by atoms with van der Waals surface area (Å²) in [5.74, 6) is 1.42. The van der Waals surface area contributed by atoms with E-state index in [-0.39, 0.29) is 6.04 Å². The molecule has 0 aliphatic rings. The zero-order valence-electron chi connectivity index (χ0n) is 11.9. The van der Waals surface area contributed by atoms with Crippen molar-refractivity contribution in [1.29, 1.82) is 5.26 Å². The Kier molecular flexibility index (Phi) is 6.76. The van der Waals surface area contributed by atoms with E-state index in [2.05, 4.69) is 18.3 Å². The summed E-state index contributed by atoms with van der Waals surface area (Å²) >= 11 is 0. The van der Waals surface area contributed by atoms with Crippen molar-refractivity contribution >= 4 is 0 Å². The Hall–Kier alpha value is -1.73. The van der Waals surface area contributed by atoms with Gasteiger partial charge < -0.3 is 9.47 Å². The van der Waals surface area contributed by atoms with Gasteiger partial charge in [-0.05, 0) is 44.5 Å². The molecule has 0 saturated heterocycles. The Labute approximate surface area is 115 Å². The summed E-state index contributed by atoms with van der Waals surface area (Å²) in [7, 11) is 0. The molecule has 1 unspecified atom stereocenters. The van der Waals surface area contributed by atoms with Gasteiger partial charge in [0.05, 0.1) is 19.3 Å². The van der Waals surface area contributed by atoms with Gasteiger partial charge in [0, 0.05) is 0 Å². The summed E-state index contributed by atoms with van der Waals surface area (Å²) in [6, 6.07) is 7.61. The van der Waals surface area contributed by atoms with Crippen LogP contribution in [0.1, 0.15) is 38.8 Å². The molecule has 4 heteroatoms. The quantitative estimate of drug-likeness (QED) is 0.782. The summed E-state index contributed by atoms with van der Waals surface area (Å²) in [5.41, 5.74) is 0.905. The van der Waals surface area contributed by atoms with E-state index in [4.69, 9.17) is 9.47 Å². The molecule has 1 N–H and O–H groups in total. The molecule has 0 bridgehead atoms. The van der Waals surface area contributed by atoms with E-state index in [1.165, 1.54) is 0 Å². The van der Waals surface area contributed by atoms with Crippen molar-refractivity contribution in [1.82, 2.24) is 5.32 Å². The maximum absolute atomic E-state index is 9.21. The number of nitriles is 1. The minimum atomic E-state index is -0.310. The Morgan fingerprint density at radius 2 is 1.84 bits per heavy atom. The van der Waals surface area contributed by atoms with E-state index in [0.29, 0.717) is 19.0 Å². The van der Waals surface area contributed by atoms with Gasteiger partial charge in [-0.2, -0.15) is 5.26 Å². The van der Waals surface area contributed by atoms with Gasteiger partial charge in [-0.1, -0.05) is 13.0 Å². The average Bonchev–Trinajstić information content (AvgIpc) is 2.43. The highest BCUT2D eigenvalue weighted by Gasteiger charge is 2.13. The first-order valence-electron chi connectivity index (χ1n) is 6.79. The second-order valence-corrected chi connectivity index (χ2v) is 4.09. The van der Waals surface area contributed by atoms with Gasteiger partial charge in [-0.25, -0.2) is 0 Å². The standard InChI is InChI=1S/C15H22N2O2/c1-4-9-17-13(11-16)12-7-8-14(18-5-2)15(10-12)19-6-3/h7-8,10,13,17H,4-6,9H2,1-3H3. The van der Waals surface area contributed by atoms with Crippen molar-refractivity contribution in [3.63, 3.8) is 0 Å². The van der Waals surface area contributed by atoms with Gasteiger partial charge >= 0.3 is 0 Å². The van der Waals surface area contributed by atoms with E-state index in [0.717, 1.165) is 24.3 Å². The predicted octanol–water partition coefficient (Wildman–Crippen LogP) is 3.05. The van der Waals surface area contributed by atoms with Crippen LogP contribution >= 0.6 is 0 Å². The summed E-state index contributed by atoms with van der Waals surface area (Å²) in [6.45, 7) is 7.92. The second kappa shape index (κ2) is 8.39. The second-order valence-electron chi connectivity index (χ2n) is 4.09. The molecule has 1 rings (SSSR count). The molecule has 1 atom stereocenters. The minimum Gasteiger partial charge on any atom is -0.490 e. The van der Waals surface area contributed by atoms with Crippen molar-refractivity contribution in [2.75, 3.05) is 19.8 Å². The molecule has 1 aromatic carbocycles. The van der Waals surface area contributed by atoms with Crippen LogP contribution in [0.15, 0.2) is 18.2 Å². The van der Waals surface area contributed by atoms with E-state index >= 15 is 0 Å². The number of nitrogens with one attached hydrogen (secondary N) is 1. The van der Waals surface area contributed by atoms with Crippen LogP contribution in [0, 0.1) is 11.3 Å². The first kappa shape index (κ1) is 15.3. The number of hydrogen-bond donors (Lipinski definition) is 1. The van der Waals surface area contributed by atoms with E-state index in [1.54, 1.807) is 0 Å². The Morgan fingerprint density at radius 1 is 1.16 bits per heavy atom. The molecule has 1 aromatic rings. The molecule has 0 aliphatic carbocycles. The number of ether oxygens (including phenoxy) is 2. The maximum Gasteiger partial charge on any atom is 0.161 e. The van der Waals surface area contributed by atoms with Crippen LogP contribution in [-0.4, -0.2) is 19.8 Å². The van der Waals surface area contributed by atoms with Crippen LogP contribution in [0.4, 0.5) is 0 Å². The largest absolute Gasteiger partial charge is 0.490 e. The average molecular weight is 262 g/mol.